The predicted molar refractivity (Wildman–Crippen MR) is 80.1 cm³/mol. The van der Waals surface area contributed by atoms with Crippen LogP contribution in [0.15, 0.2) is 30.3 Å². The molecule has 0 unspecified atom stereocenters. The summed E-state index contributed by atoms with van der Waals surface area (Å²) in [4.78, 5) is 25.9. The molecule has 1 aliphatic carbocycles. The van der Waals surface area contributed by atoms with Crippen molar-refractivity contribution in [3.8, 4) is 5.75 Å². The van der Waals surface area contributed by atoms with Crippen LogP contribution in [0.2, 0.25) is 0 Å². The highest BCUT2D eigenvalue weighted by Crippen LogP contribution is 2.37. The number of hydrogen-bond acceptors (Lipinski definition) is 4. The summed E-state index contributed by atoms with van der Waals surface area (Å²) in [6.45, 7) is 0.0912. The molecule has 1 saturated heterocycles. The van der Waals surface area contributed by atoms with Crippen molar-refractivity contribution in [1.29, 1.82) is 0 Å². The molecule has 1 aliphatic heterocycles. The number of rotatable bonds is 5. The Balaban J connectivity index is 1.56. The van der Waals surface area contributed by atoms with Gasteiger partial charge in [0.25, 0.3) is 0 Å². The lowest BCUT2D eigenvalue weighted by molar-refractivity contribution is -0.141. The van der Waals surface area contributed by atoms with Crippen LogP contribution >= 0.6 is 0 Å². The number of β-amino-alcohol motifs (C(OH)–C–C–N with tert-alkyl or cyclic N) is 1. The lowest BCUT2D eigenvalue weighted by Gasteiger charge is -2.19. The molecule has 5 nitrogen and oxygen atoms in total. The number of aliphatic hydroxyl groups excluding tert-OH is 1. The molecule has 0 bridgehead atoms. The minimum atomic E-state index is -0.867. The smallest absolute Gasteiger partial charge is 0.233 e. The van der Waals surface area contributed by atoms with Gasteiger partial charge in [-0.15, -0.1) is 0 Å². The van der Waals surface area contributed by atoms with Gasteiger partial charge in [0.2, 0.25) is 11.8 Å². The zero-order valence-corrected chi connectivity index (χ0v) is 12.5. The number of para-hydroxylation sites is 1. The average Bonchev–Trinajstić information content (AvgIpc) is 2.79. The second-order valence-electron chi connectivity index (χ2n) is 6.06. The van der Waals surface area contributed by atoms with Crippen molar-refractivity contribution >= 4 is 11.8 Å². The van der Waals surface area contributed by atoms with E-state index in [1.807, 2.05) is 18.2 Å². The average molecular weight is 303 g/mol. The molecule has 1 heterocycles. The Hall–Kier alpha value is -1.88. The number of amides is 2. The molecule has 1 aromatic rings. The summed E-state index contributed by atoms with van der Waals surface area (Å²) in [5.74, 6) is 0.100. The van der Waals surface area contributed by atoms with E-state index in [9.17, 15) is 14.7 Å². The van der Waals surface area contributed by atoms with E-state index in [4.69, 9.17) is 4.74 Å². The van der Waals surface area contributed by atoms with Crippen molar-refractivity contribution in [2.75, 3.05) is 13.2 Å². The van der Waals surface area contributed by atoms with E-state index in [0.29, 0.717) is 5.75 Å². The molecule has 5 heteroatoms. The van der Waals surface area contributed by atoms with Gasteiger partial charge in [-0.1, -0.05) is 31.0 Å². The Morgan fingerprint density at radius 2 is 1.68 bits per heavy atom. The number of carbonyl (C=O) groups is 2. The molecule has 3 atom stereocenters. The van der Waals surface area contributed by atoms with Gasteiger partial charge in [0.05, 0.1) is 18.4 Å². The number of fused-ring (bicyclic) bond motifs is 1. The molecule has 22 heavy (non-hydrogen) atoms. The predicted octanol–water partition coefficient (Wildman–Crippen LogP) is 1.60. The van der Waals surface area contributed by atoms with Gasteiger partial charge in [0.15, 0.2) is 0 Å². The van der Waals surface area contributed by atoms with Crippen molar-refractivity contribution < 1.29 is 19.4 Å². The maximum atomic E-state index is 12.3. The number of benzene rings is 1. The first kappa shape index (κ1) is 15.0. The molecule has 1 aromatic carbocycles. The second-order valence-corrected chi connectivity index (χ2v) is 6.06. The van der Waals surface area contributed by atoms with Gasteiger partial charge in [-0.2, -0.15) is 0 Å². The van der Waals surface area contributed by atoms with Crippen molar-refractivity contribution in [2.24, 2.45) is 11.8 Å². The lowest BCUT2D eigenvalue weighted by atomic mass is 9.81. The Labute approximate surface area is 129 Å². The Bertz CT molecular complexity index is 521. The van der Waals surface area contributed by atoms with Gasteiger partial charge < -0.3 is 9.84 Å². The summed E-state index contributed by atoms with van der Waals surface area (Å²) in [7, 11) is 0. The van der Waals surface area contributed by atoms with Crippen molar-refractivity contribution in [2.45, 2.75) is 31.8 Å². The summed E-state index contributed by atoms with van der Waals surface area (Å²) < 4.78 is 5.47. The molecular weight excluding hydrogens is 282 g/mol. The normalized spacial score (nSPS) is 26.0. The van der Waals surface area contributed by atoms with Crippen LogP contribution in [0.1, 0.15) is 25.7 Å². The summed E-state index contributed by atoms with van der Waals surface area (Å²) in [5, 5.41) is 10.1. The van der Waals surface area contributed by atoms with E-state index in [1.165, 1.54) is 4.90 Å². The Morgan fingerprint density at radius 3 is 2.27 bits per heavy atom. The SMILES string of the molecule is O=C1[C@H]2CCCC[C@H]2C(=O)N1C[C@H](O)COc1ccccc1. The Kier molecular flexibility index (Phi) is 4.43. The first-order chi connectivity index (χ1) is 10.7. The maximum Gasteiger partial charge on any atom is 0.233 e. The van der Waals surface area contributed by atoms with Crippen LogP contribution in [-0.2, 0) is 9.59 Å². The number of carbonyl (C=O) groups excluding carboxylic acids is 2. The largest absolute Gasteiger partial charge is 0.491 e. The molecule has 2 aliphatic rings. The van der Waals surface area contributed by atoms with Crippen LogP contribution in [0.3, 0.4) is 0 Å². The van der Waals surface area contributed by atoms with Crippen LogP contribution in [-0.4, -0.2) is 41.1 Å². The van der Waals surface area contributed by atoms with E-state index >= 15 is 0 Å². The fourth-order valence-electron chi connectivity index (χ4n) is 3.38. The van der Waals surface area contributed by atoms with Crippen molar-refractivity contribution in [1.82, 2.24) is 4.90 Å². The van der Waals surface area contributed by atoms with E-state index < -0.39 is 6.10 Å². The maximum absolute atomic E-state index is 12.3. The van der Waals surface area contributed by atoms with Gasteiger partial charge in [-0.25, -0.2) is 0 Å². The van der Waals surface area contributed by atoms with Gasteiger partial charge >= 0.3 is 0 Å². The fourth-order valence-corrected chi connectivity index (χ4v) is 3.38. The van der Waals surface area contributed by atoms with Crippen molar-refractivity contribution in [3.63, 3.8) is 0 Å². The standard InChI is InChI=1S/C17H21NO4/c19-12(11-22-13-6-2-1-3-7-13)10-18-16(20)14-8-4-5-9-15(14)17(18)21/h1-3,6-7,12,14-15,19H,4-5,8-11H2/t12-,14-,15+/m0/s1. The molecule has 0 spiro atoms. The van der Waals surface area contributed by atoms with E-state index in [2.05, 4.69) is 0 Å². The van der Waals surface area contributed by atoms with Crippen LogP contribution in [0.25, 0.3) is 0 Å². The molecule has 1 N–H and O–H groups in total. The van der Waals surface area contributed by atoms with Gasteiger partial charge in [-0.3, -0.25) is 14.5 Å². The minimum Gasteiger partial charge on any atom is -0.491 e. The van der Waals surface area contributed by atoms with Gasteiger partial charge in [-0.05, 0) is 25.0 Å². The second kappa shape index (κ2) is 6.48. The highest BCUT2D eigenvalue weighted by Gasteiger charge is 2.48. The number of aliphatic hydroxyl groups is 1. The van der Waals surface area contributed by atoms with Gasteiger partial charge in [0.1, 0.15) is 18.5 Å². The molecular formula is C17H21NO4. The first-order valence-electron chi connectivity index (χ1n) is 7.88. The van der Waals surface area contributed by atoms with Crippen molar-refractivity contribution in [3.05, 3.63) is 30.3 Å². The molecule has 3 rings (SSSR count). The summed E-state index contributed by atoms with van der Waals surface area (Å²) in [6, 6.07) is 9.17. The van der Waals surface area contributed by atoms with E-state index in [1.54, 1.807) is 12.1 Å². The summed E-state index contributed by atoms with van der Waals surface area (Å²) in [5.41, 5.74) is 0. The lowest BCUT2D eigenvalue weighted by Crippen LogP contribution is -2.40. The van der Waals surface area contributed by atoms with Gasteiger partial charge in [0, 0.05) is 0 Å². The zero-order valence-electron chi connectivity index (χ0n) is 12.5. The number of ether oxygens (including phenoxy) is 1. The number of nitrogens with zero attached hydrogens (tertiary/aromatic N) is 1. The molecule has 0 aromatic heterocycles. The Morgan fingerprint density at radius 1 is 1.09 bits per heavy atom. The zero-order chi connectivity index (χ0) is 15.5. The number of likely N-dealkylation sites (tertiary alicyclic amines) is 1. The highest BCUT2D eigenvalue weighted by atomic mass is 16.5. The molecule has 2 fully saturated rings. The van der Waals surface area contributed by atoms with Crippen LogP contribution in [0, 0.1) is 11.8 Å². The third-order valence-electron chi connectivity index (χ3n) is 4.51. The summed E-state index contributed by atoms with van der Waals surface area (Å²) in [6.07, 6.45) is 2.74. The van der Waals surface area contributed by atoms with E-state index in [0.717, 1.165) is 25.7 Å². The molecule has 1 saturated carbocycles. The number of hydrogen-bond donors (Lipinski definition) is 1. The molecule has 2 amide bonds. The van der Waals surface area contributed by atoms with Crippen LogP contribution in [0.4, 0.5) is 0 Å². The number of imide groups is 1. The van der Waals surface area contributed by atoms with Crippen LogP contribution in [0.5, 0.6) is 5.75 Å². The first-order valence-corrected chi connectivity index (χ1v) is 7.88. The monoisotopic (exact) mass is 303 g/mol. The fraction of sp³-hybridized carbons (Fsp3) is 0.529. The van der Waals surface area contributed by atoms with E-state index in [-0.39, 0.29) is 36.8 Å². The highest BCUT2D eigenvalue weighted by molar-refractivity contribution is 6.05. The topological polar surface area (TPSA) is 66.8 Å². The quantitative estimate of drug-likeness (QED) is 0.839. The molecule has 118 valence electrons. The molecule has 0 radical (unpaired) electrons. The minimum absolute atomic E-state index is 0.0253. The van der Waals surface area contributed by atoms with Crippen LogP contribution < -0.4 is 4.74 Å². The third-order valence-corrected chi connectivity index (χ3v) is 4.51. The summed E-state index contributed by atoms with van der Waals surface area (Å²) >= 11 is 0. The third kappa shape index (κ3) is 2.99.